The molecule has 2 rings (SSSR count). The largest absolute Gasteiger partial charge is 0.396 e. The van der Waals surface area contributed by atoms with Crippen LogP contribution in [0.5, 0.6) is 0 Å². The van der Waals surface area contributed by atoms with Gasteiger partial charge >= 0.3 is 0 Å². The van der Waals surface area contributed by atoms with E-state index in [1.807, 2.05) is 12.1 Å². The molecule has 1 aromatic carbocycles. The summed E-state index contributed by atoms with van der Waals surface area (Å²) in [5.74, 6) is 0. The van der Waals surface area contributed by atoms with E-state index < -0.39 is 0 Å². The van der Waals surface area contributed by atoms with Crippen molar-refractivity contribution in [2.24, 2.45) is 0 Å². The molecule has 0 amide bonds. The lowest BCUT2D eigenvalue weighted by Gasteiger charge is -2.40. The minimum Gasteiger partial charge on any atom is -0.396 e. The molecule has 1 heterocycles. The maximum Gasteiger partial charge on any atom is 0.101 e. The molecular weight excluding hydrogens is 224 g/mol. The summed E-state index contributed by atoms with van der Waals surface area (Å²) in [5.41, 5.74) is 8.23. The van der Waals surface area contributed by atoms with Crippen LogP contribution in [0.15, 0.2) is 18.2 Å². The number of nitrogens with two attached hydrogens (primary N) is 1. The van der Waals surface area contributed by atoms with Crippen LogP contribution in [0.3, 0.4) is 0 Å². The highest BCUT2D eigenvalue weighted by molar-refractivity contribution is 5.74. The van der Waals surface area contributed by atoms with Gasteiger partial charge in [-0.25, -0.2) is 0 Å². The minimum absolute atomic E-state index is 0.522. The molecule has 0 radical (unpaired) electrons. The van der Waals surface area contributed by atoms with Gasteiger partial charge in [0.2, 0.25) is 0 Å². The van der Waals surface area contributed by atoms with Gasteiger partial charge in [0.15, 0.2) is 0 Å². The molecule has 1 aliphatic heterocycles. The first-order chi connectivity index (χ1) is 8.67. The first-order valence-electron chi connectivity index (χ1n) is 6.45. The van der Waals surface area contributed by atoms with Gasteiger partial charge in [0.05, 0.1) is 16.9 Å². The van der Waals surface area contributed by atoms with Gasteiger partial charge in [0, 0.05) is 25.7 Å². The highest BCUT2D eigenvalue weighted by Gasteiger charge is 2.23. The van der Waals surface area contributed by atoms with Crippen molar-refractivity contribution < 1.29 is 0 Å². The van der Waals surface area contributed by atoms with Crippen LogP contribution in [0.4, 0.5) is 11.4 Å². The summed E-state index contributed by atoms with van der Waals surface area (Å²) >= 11 is 0. The molecule has 0 spiro atoms. The molecule has 1 atom stereocenters. The minimum atomic E-state index is 0.522. The van der Waals surface area contributed by atoms with E-state index in [0.717, 1.165) is 31.9 Å². The first kappa shape index (κ1) is 12.7. The fourth-order valence-corrected chi connectivity index (χ4v) is 2.61. The number of nitriles is 1. The summed E-state index contributed by atoms with van der Waals surface area (Å²) < 4.78 is 0. The maximum absolute atomic E-state index is 9.02. The zero-order valence-corrected chi connectivity index (χ0v) is 11.1. The number of nitrogens with zero attached hydrogens (tertiary/aromatic N) is 3. The normalized spacial score (nSPS) is 20.7. The SMILES string of the molecule is CCN1CCN(c2cccc(C#N)c2N)CC1C. The molecule has 0 aliphatic carbocycles. The fourth-order valence-electron chi connectivity index (χ4n) is 2.61. The second-order valence-electron chi connectivity index (χ2n) is 4.77. The molecule has 1 saturated heterocycles. The molecule has 0 saturated carbocycles. The lowest BCUT2D eigenvalue weighted by atomic mass is 10.1. The van der Waals surface area contributed by atoms with Crippen molar-refractivity contribution in [1.29, 1.82) is 5.26 Å². The van der Waals surface area contributed by atoms with E-state index in [2.05, 4.69) is 29.7 Å². The Morgan fingerprint density at radius 3 is 2.83 bits per heavy atom. The standard InChI is InChI=1S/C14H20N4/c1-3-17-7-8-18(10-11(17)2)13-6-4-5-12(9-15)14(13)16/h4-6,11H,3,7-8,10,16H2,1-2H3. The van der Waals surface area contributed by atoms with Crippen molar-refractivity contribution >= 4 is 11.4 Å². The van der Waals surface area contributed by atoms with Crippen LogP contribution in [-0.4, -0.2) is 37.1 Å². The summed E-state index contributed by atoms with van der Waals surface area (Å²) in [7, 11) is 0. The maximum atomic E-state index is 9.02. The highest BCUT2D eigenvalue weighted by atomic mass is 15.3. The van der Waals surface area contributed by atoms with Crippen LogP contribution in [-0.2, 0) is 0 Å². The summed E-state index contributed by atoms with van der Waals surface area (Å²) in [5, 5.41) is 9.02. The Balaban J connectivity index is 2.21. The summed E-state index contributed by atoms with van der Waals surface area (Å²) in [6, 6.07) is 8.34. The van der Waals surface area contributed by atoms with Crippen molar-refractivity contribution in [2.75, 3.05) is 36.8 Å². The van der Waals surface area contributed by atoms with Gasteiger partial charge in [0.25, 0.3) is 0 Å². The average molecular weight is 244 g/mol. The molecule has 1 unspecified atom stereocenters. The third-order valence-corrected chi connectivity index (χ3v) is 3.72. The second kappa shape index (κ2) is 5.28. The van der Waals surface area contributed by atoms with E-state index in [4.69, 9.17) is 11.0 Å². The van der Waals surface area contributed by atoms with Crippen molar-refractivity contribution in [3.05, 3.63) is 23.8 Å². The average Bonchev–Trinajstić information content (AvgIpc) is 2.39. The molecule has 1 fully saturated rings. The molecule has 1 aliphatic rings. The predicted molar refractivity (Wildman–Crippen MR) is 74.5 cm³/mol. The molecular formula is C14H20N4. The number of anilines is 2. The molecule has 0 bridgehead atoms. The third kappa shape index (κ3) is 2.27. The number of hydrogen-bond acceptors (Lipinski definition) is 4. The van der Waals surface area contributed by atoms with Crippen LogP contribution in [0.2, 0.25) is 0 Å². The number of para-hydroxylation sites is 1. The van der Waals surface area contributed by atoms with Crippen LogP contribution in [0.25, 0.3) is 0 Å². The number of likely N-dealkylation sites (N-methyl/N-ethyl adjacent to an activating group) is 1. The summed E-state index contributed by atoms with van der Waals surface area (Å²) in [6.45, 7) is 8.50. The quantitative estimate of drug-likeness (QED) is 0.804. The monoisotopic (exact) mass is 244 g/mol. The van der Waals surface area contributed by atoms with E-state index in [1.165, 1.54) is 0 Å². The van der Waals surface area contributed by atoms with Crippen molar-refractivity contribution in [1.82, 2.24) is 4.90 Å². The Morgan fingerprint density at radius 2 is 2.22 bits per heavy atom. The molecule has 96 valence electrons. The van der Waals surface area contributed by atoms with Gasteiger partial charge < -0.3 is 10.6 Å². The second-order valence-corrected chi connectivity index (χ2v) is 4.77. The van der Waals surface area contributed by atoms with E-state index in [1.54, 1.807) is 6.07 Å². The number of piperazine rings is 1. The Kier molecular flexibility index (Phi) is 3.73. The third-order valence-electron chi connectivity index (χ3n) is 3.72. The zero-order valence-electron chi connectivity index (χ0n) is 11.1. The van der Waals surface area contributed by atoms with Crippen LogP contribution < -0.4 is 10.6 Å². The van der Waals surface area contributed by atoms with Crippen LogP contribution >= 0.6 is 0 Å². The van der Waals surface area contributed by atoms with E-state index in [0.29, 0.717) is 17.3 Å². The molecule has 1 aromatic rings. The van der Waals surface area contributed by atoms with Gasteiger partial charge in [-0.3, -0.25) is 4.90 Å². The van der Waals surface area contributed by atoms with E-state index >= 15 is 0 Å². The van der Waals surface area contributed by atoms with Gasteiger partial charge in [0.1, 0.15) is 6.07 Å². The van der Waals surface area contributed by atoms with Gasteiger partial charge in [-0.1, -0.05) is 13.0 Å². The number of benzene rings is 1. The summed E-state index contributed by atoms with van der Waals surface area (Å²) in [4.78, 5) is 4.74. The first-order valence-corrected chi connectivity index (χ1v) is 6.45. The number of rotatable bonds is 2. The lowest BCUT2D eigenvalue weighted by Crippen LogP contribution is -2.51. The fraction of sp³-hybridized carbons (Fsp3) is 0.500. The predicted octanol–water partition coefficient (Wildman–Crippen LogP) is 1.67. The van der Waals surface area contributed by atoms with Gasteiger partial charge in [-0.05, 0) is 25.6 Å². The molecule has 18 heavy (non-hydrogen) atoms. The Morgan fingerprint density at radius 1 is 1.44 bits per heavy atom. The van der Waals surface area contributed by atoms with E-state index in [-0.39, 0.29) is 0 Å². The lowest BCUT2D eigenvalue weighted by molar-refractivity contribution is 0.199. The summed E-state index contributed by atoms with van der Waals surface area (Å²) in [6.07, 6.45) is 0. The molecule has 4 heteroatoms. The molecule has 4 nitrogen and oxygen atoms in total. The van der Waals surface area contributed by atoms with Crippen molar-refractivity contribution in [3.63, 3.8) is 0 Å². The number of nitrogen functional groups attached to an aromatic ring is 1. The Bertz CT molecular complexity index is 463. The van der Waals surface area contributed by atoms with Crippen LogP contribution in [0, 0.1) is 11.3 Å². The Labute approximate surface area is 109 Å². The van der Waals surface area contributed by atoms with Crippen LogP contribution in [0.1, 0.15) is 19.4 Å². The number of hydrogen-bond donors (Lipinski definition) is 1. The van der Waals surface area contributed by atoms with Crippen molar-refractivity contribution in [3.8, 4) is 6.07 Å². The molecule has 0 aromatic heterocycles. The van der Waals surface area contributed by atoms with Gasteiger partial charge in [-0.2, -0.15) is 5.26 Å². The smallest absolute Gasteiger partial charge is 0.101 e. The van der Waals surface area contributed by atoms with Gasteiger partial charge in [-0.15, -0.1) is 0 Å². The zero-order chi connectivity index (χ0) is 13.1. The van der Waals surface area contributed by atoms with E-state index in [9.17, 15) is 0 Å². The Hall–Kier alpha value is -1.73. The highest BCUT2D eigenvalue weighted by Crippen LogP contribution is 2.28. The molecule has 2 N–H and O–H groups in total. The topological polar surface area (TPSA) is 56.3 Å². The van der Waals surface area contributed by atoms with Crippen molar-refractivity contribution in [2.45, 2.75) is 19.9 Å².